The van der Waals surface area contributed by atoms with E-state index in [1.54, 1.807) is 48.5 Å². The summed E-state index contributed by atoms with van der Waals surface area (Å²) in [4.78, 5) is 0. The summed E-state index contributed by atoms with van der Waals surface area (Å²) in [6.07, 6.45) is 0. The van der Waals surface area contributed by atoms with Crippen LogP contribution in [-0.2, 0) is 0 Å². The van der Waals surface area contributed by atoms with Gasteiger partial charge < -0.3 is 9.47 Å². The molecule has 0 aliphatic heterocycles. The monoisotopic (exact) mass is 283 g/mol. The van der Waals surface area contributed by atoms with Crippen LogP contribution in [0.4, 0.5) is 4.39 Å². The van der Waals surface area contributed by atoms with E-state index in [1.807, 2.05) is 6.07 Å². The third-order valence-electron chi connectivity index (χ3n) is 3.03. The quantitative estimate of drug-likeness (QED) is 0.627. The van der Waals surface area contributed by atoms with Gasteiger partial charge in [-0.1, -0.05) is 30.3 Å². The first-order chi connectivity index (χ1) is 10.2. The second-order valence-electron chi connectivity index (χ2n) is 4.24. The Morgan fingerprint density at radius 3 is 2.19 bits per heavy atom. The van der Waals surface area contributed by atoms with Gasteiger partial charge in [0, 0.05) is 5.56 Å². The number of rotatable bonds is 4. The van der Waals surface area contributed by atoms with Gasteiger partial charge >= 0.3 is 0 Å². The summed E-state index contributed by atoms with van der Waals surface area (Å²) in [6.45, 7) is 0. The van der Waals surface area contributed by atoms with Crippen molar-refractivity contribution in [3.8, 4) is 17.6 Å². The minimum Gasteiger partial charge on any atom is -0.493 e. The molecule has 0 fully saturated rings. The normalized spacial score (nSPS) is 11.3. The van der Waals surface area contributed by atoms with E-state index in [2.05, 4.69) is 0 Å². The van der Waals surface area contributed by atoms with Crippen molar-refractivity contribution in [1.29, 1.82) is 5.26 Å². The van der Waals surface area contributed by atoms with E-state index in [-0.39, 0.29) is 5.57 Å². The van der Waals surface area contributed by atoms with Gasteiger partial charge in [0.25, 0.3) is 0 Å². The van der Waals surface area contributed by atoms with Crippen molar-refractivity contribution in [2.45, 2.75) is 0 Å². The van der Waals surface area contributed by atoms with Gasteiger partial charge in [0.05, 0.1) is 19.8 Å². The Labute approximate surface area is 122 Å². The Morgan fingerprint density at radius 2 is 1.62 bits per heavy atom. The van der Waals surface area contributed by atoms with E-state index in [0.29, 0.717) is 22.6 Å². The fourth-order valence-corrected chi connectivity index (χ4v) is 1.96. The molecule has 21 heavy (non-hydrogen) atoms. The number of hydrogen-bond donors (Lipinski definition) is 0. The molecule has 0 atom stereocenters. The van der Waals surface area contributed by atoms with Gasteiger partial charge in [-0.05, 0) is 23.8 Å². The molecule has 2 rings (SSSR count). The van der Waals surface area contributed by atoms with E-state index in [1.165, 1.54) is 14.2 Å². The highest BCUT2D eigenvalue weighted by Gasteiger charge is 2.13. The molecule has 2 aromatic rings. The molecular weight excluding hydrogens is 269 g/mol. The topological polar surface area (TPSA) is 42.2 Å². The summed E-state index contributed by atoms with van der Waals surface area (Å²) in [5, 5.41) is 9.28. The van der Waals surface area contributed by atoms with Crippen LogP contribution >= 0.6 is 0 Å². The molecule has 2 aromatic carbocycles. The lowest BCUT2D eigenvalue weighted by molar-refractivity contribution is 0.355. The zero-order chi connectivity index (χ0) is 15.2. The third-order valence-corrected chi connectivity index (χ3v) is 3.03. The number of ether oxygens (including phenoxy) is 2. The van der Waals surface area contributed by atoms with Crippen molar-refractivity contribution in [3.05, 3.63) is 59.7 Å². The van der Waals surface area contributed by atoms with Gasteiger partial charge in [0.15, 0.2) is 11.5 Å². The Kier molecular flexibility index (Phi) is 4.57. The van der Waals surface area contributed by atoms with Crippen LogP contribution in [0.5, 0.6) is 11.5 Å². The molecule has 106 valence electrons. The van der Waals surface area contributed by atoms with Gasteiger partial charge in [-0.15, -0.1) is 0 Å². The molecule has 0 aliphatic rings. The SMILES string of the molecule is COc1ccc(C(C#N)=C(F)c2ccccc2)cc1OC. The first-order valence-electron chi connectivity index (χ1n) is 6.29. The van der Waals surface area contributed by atoms with Crippen LogP contribution in [0.3, 0.4) is 0 Å². The summed E-state index contributed by atoms with van der Waals surface area (Å²) >= 11 is 0. The van der Waals surface area contributed by atoms with Crippen LogP contribution in [0.15, 0.2) is 48.5 Å². The van der Waals surface area contributed by atoms with Crippen LogP contribution in [0.2, 0.25) is 0 Å². The lowest BCUT2D eigenvalue weighted by Crippen LogP contribution is -1.93. The Balaban J connectivity index is 2.55. The fourth-order valence-electron chi connectivity index (χ4n) is 1.96. The van der Waals surface area contributed by atoms with Crippen molar-refractivity contribution in [2.75, 3.05) is 14.2 Å². The minimum atomic E-state index is -0.565. The van der Waals surface area contributed by atoms with Crippen LogP contribution < -0.4 is 9.47 Å². The molecule has 0 aromatic heterocycles. The maximum Gasteiger partial charge on any atom is 0.161 e. The highest BCUT2D eigenvalue weighted by atomic mass is 19.1. The predicted octanol–water partition coefficient (Wildman–Crippen LogP) is 4.07. The molecule has 0 N–H and O–H groups in total. The number of nitrogens with zero attached hydrogens (tertiary/aromatic N) is 1. The maximum absolute atomic E-state index is 14.5. The summed E-state index contributed by atoms with van der Waals surface area (Å²) in [5.41, 5.74) is 0.766. The number of methoxy groups -OCH3 is 2. The number of hydrogen-bond acceptors (Lipinski definition) is 3. The first kappa shape index (κ1) is 14.6. The second kappa shape index (κ2) is 6.58. The smallest absolute Gasteiger partial charge is 0.161 e. The summed E-state index contributed by atoms with van der Waals surface area (Å²) in [5.74, 6) is 0.410. The van der Waals surface area contributed by atoms with Crippen molar-refractivity contribution in [2.24, 2.45) is 0 Å². The minimum absolute atomic E-state index is 0.0397. The number of allylic oxidation sites excluding steroid dienone is 1. The van der Waals surface area contributed by atoms with Gasteiger partial charge in [-0.3, -0.25) is 0 Å². The second-order valence-corrected chi connectivity index (χ2v) is 4.24. The van der Waals surface area contributed by atoms with Crippen molar-refractivity contribution >= 4 is 11.4 Å². The van der Waals surface area contributed by atoms with Gasteiger partial charge in [0.1, 0.15) is 11.9 Å². The highest BCUT2D eigenvalue weighted by Crippen LogP contribution is 2.33. The van der Waals surface area contributed by atoms with E-state index in [0.717, 1.165) is 0 Å². The lowest BCUT2D eigenvalue weighted by Gasteiger charge is -2.09. The summed E-state index contributed by atoms with van der Waals surface area (Å²) < 4.78 is 24.8. The molecule has 0 saturated heterocycles. The van der Waals surface area contributed by atoms with E-state index >= 15 is 0 Å². The molecular formula is C17H14FNO2. The fraction of sp³-hybridized carbons (Fsp3) is 0.118. The van der Waals surface area contributed by atoms with E-state index in [4.69, 9.17) is 9.47 Å². The van der Waals surface area contributed by atoms with Gasteiger partial charge in [-0.25, -0.2) is 4.39 Å². The van der Waals surface area contributed by atoms with Crippen LogP contribution in [0.1, 0.15) is 11.1 Å². The molecule has 0 amide bonds. The average Bonchev–Trinajstić information content (AvgIpc) is 2.56. The largest absolute Gasteiger partial charge is 0.493 e. The van der Waals surface area contributed by atoms with Crippen molar-refractivity contribution in [3.63, 3.8) is 0 Å². The molecule has 0 bridgehead atoms. The van der Waals surface area contributed by atoms with E-state index < -0.39 is 5.83 Å². The Bertz CT molecular complexity index is 702. The Hall–Kier alpha value is -2.80. The molecule has 0 saturated carbocycles. The number of halogens is 1. The molecule has 4 heteroatoms. The predicted molar refractivity (Wildman–Crippen MR) is 79.5 cm³/mol. The molecule has 0 spiro atoms. The van der Waals surface area contributed by atoms with Crippen LogP contribution in [-0.4, -0.2) is 14.2 Å². The number of benzene rings is 2. The van der Waals surface area contributed by atoms with Gasteiger partial charge in [-0.2, -0.15) is 5.26 Å². The van der Waals surface area contributed by atoms with Crippen molar-refractivity contribution in [1.82, 2.24) is 0 Å². The summed E-state index contributed by atoms with van der Waals surface area (Å²) in [7, 11) is 3.01. The number of nitriles is 1. The average molecular weight is 283 g/mol. The molecule has 0 radical (unpaired) electrons. The van der Waals surface area contributed by atoms with Crippen LogP contribution in [0.25, 0.3) is 11.4 Å². The zero-order valence-electron chi connectivity index (χ0n) is 11.8. The molecule has 0 heterocycles. The first-order valence-corrected chi connectivity index (χ1v) is 6.29. The third kappa shape index (κ3) is 3.03. The lowest BCUT2D eigenvalue weighted by atomic mass is 10.0. The van der Waals surface area contributed by atoms with E-state index in [9.17, 15) is 9.65 Å². The Morgan fingerprint density at radius 1 is 0.952 bits per heavy atom. The highest BCUT2D eigenvalue weighted by molar-refractivity contribution is 5.94. The molecule has 0 aliphatic carbocycles. The van der Waals surface area contributed by atoms with Crippen LogP contribution in [0, 0.1) is 11.3 Å². The zero-order valence-corrected chi connectivity index (χ0v) is 11.8. The molecule has 0 unspecified atom stereocenters. The summed E-state index contributed by atoms with van der Waals surface area (Å²) in [6, 6.07) is 15.2. The van der Waals surface area contributed by atoms with Crippen molar-refractivity contribution < 1.29 is 13.9 Å². The maximum atomic E-state index is 14.5. The molecule has 3 nitrogen and oxygen atoms in total. The van der Waals surface area contributed by atoms with Gasteiger partial charge in [0.2, 0.25) is 0 Å². The standard InChI is InChI=1S/C17H14FNO2/c1-20-15-9-8-13(10-16(15)21-2)14(11-19)17(18)12-6-4-3-5-7-12/h3-10H,1-2H3.